The first kappa shape index (κ1) is 17.8. The molecule has 5 nitrogen and oxygen atoms in total. The standard InChI is InChI=1S/C18H18ClNO4S/c1-11-9-16(17(24-2)10-15(11)19)20-25(22,23)14-7-5-13(6-8-14)18(21)12-3-4-12/h5-10,12,20H,3-4H2,1-2H3. The van der Waals surface area contributed by atoms with Crippen LogP contribution in [-0.2, 0) is 10.0 Å². The lowest BCUT2D eigenvalue weighted by atomic mass is 10.1. The van der Waals surface area contributed by atoms with Gasteiger partial charge in [0.05, 0.1) is 17.7 Å². The number of nitrogens with one attached hydrogen (secondary N) is 1. The summed E-state index contributed by atoms with van der Waals surface area (Å²) in [4.78, 5) is 12.1. The Kier molecular flexibility index (Phi) is 4.75. The molecular weight excluding hydrogens is 362 g/mol. The number of carbonyl (C=O) groups excluding carboxylic acids is 1. The van der Waals surface area contributed by atoms with Crippen LogP contribution >= 0.6 is 11.6 Å². The van der Waals surface area contributed by atoms with Gasteiger partial charge in [0.15, 0.2) is 5.78 Å². The third kappa shape index (κ3) is 3.80. The lowest BCUT2D eigenvalue weighted by Gasteiger charge is -2.14. The number of rotatable bonds is 6. The van der Waals surface area contributed by atoms with Gasteiger partial charge in [-0.3, -0.25) is 9.52 Å². The lowest BCUT2D eigenvalue weighted by Crippen LogP contribution is -2.14. The Balaban J connectivity index is 1.87. The molecule has 7 heteroatoms. The average molecular weight is 380 g/mol. The van der Waals surface area contributed by atoms with E-state index in [0.29, 0.717) is 22.0 Å². The van der Waals surface area contributed by atoms with Crippen molar-refractivity contribution in [2.45, 2.75) is 24.7 Å². The zero-order valence-electron chi connectivity index (χ0n) is 13.9. The van der Waals surface area contributed by atoms with Gasteiger partial charge in [0, 0.05) is 22.6 Å². The van der Waals surface area contributed by atoms with E-state index in [-0.39, 0.29) is 16.6 Å². The molecule has 0 aromatic heterocycles. The smallest absolute Gasteiger partial charge is 0.262 e. The first-order chi connectivity index (χ1) is 11.8. The second-order valence-electron chi connectivity index (χ2n) is 6.07. The maximum Gasteiger partial charge on any atom is 0.262 e. The van der Waals surface area contributed by atoms with E-state index >= 15 is 0 Å². The number of Topliss-reactive ketones (excluding diaryl/α,β-unsaturated/α-hetero) is 1. The summed E-state index contributed by atoms with van der Waals surface area (Å²) >= 11 is 6.04. The molecule has 0 atom stereocenters. The third-order valence-corrected chi connectivity index (χ3v) is 5.91. The molecule has 0 amide bonds. The van der Waals surface area contributed by atoms with Crippen molar-refractivity contribution < 1.29 is 17.9 Å². The van der Waals surface area contributed by atoms with Gasteiger partial charge in [0.2, 0.25) is 0 Å². The fourth-order valence-corrected chi connectivity index (χ4v) is 3.71. The molecule has 1 fully saturated rings. The normalized spacial score (nSPS) is 14.2. The molecule has 0 spiro atoms. The molecule has 25 heavy (non-hydrogen) atoms. The number of halogens is 1. The highest BCUT2D eigenvalue weighted by Crippen LogP contribution is 2.34. The highest BCUT2D eigenvalue weighted by Gasteiger charge is 2.30. The minimum atomic E-state index is -3.81. The first-order valence-electron chi connectivity index (χ1n) is 7.83. The topological polar surface area (TPSA) is 72.5 Å². The van der Waals surface area contributed by atoms with Crippen molar-refractivity contribution in [1.82, 2.24) is 0 Å². The van der Waals surface area contributed by atoms with Crippen LogP contribution in [0.5, 0.6) is 5.75 Å². The Morgan fingerprint density at radius 2 is 1.84 bits per heavy atom. The van der Waals surface area contributed by atoms with Crippen molar-refractivity contribution in [1.29, 1.82) is 0 Å². The number of benzene rings is 2. The number of ketones is 1. The summed E-state index contributed by atoms with van der Waals surface area (Å²) in [7, 11) is -2.37. The molecular formula is C18H18ClNO4S. The summed E-state index contributed by atoms with van der Waals surface area (Å²) in [5.41, 5.74) is 1.58. The third-order valence-electron chi connectivity index (χ3n) is 4.12. The van der Waals surface area contributed by atoms with Crippen LogP contribution < -0.4 is 9.46 Å². The molecule has 132 valence electrons. The summed E-state index contributed by atoms with van der Waals surface area (Å²) < 4.78 is 32.9. The van der Waals surface area contributed by atoms with Crippen molar-refractivity contribution in [3.8, 4) is 5.75 Å². The Bertz CT molecular complexity index is 919. The number of aryl methyl sites for hydroxylation is 1. The Morgan fingerprint density at radius 3 is 2.40 bits per heavy atom. The Hall–Kier alpha value is -2.05. The number of methoxy groups -OCH3 is 1. The van der Waals surface area contributed by atoms with Crippen molar-refractivity contribution >= 4 is 33.1 Å². The summed E-state index contributed by atoms with van der Waals surface area (Å²) in [6.07, 6.45) is 1.83. The van der Waals surface area contributed by atoms with E-state index in [9.17, 15) is 13.2 Å². The predicted octanol–water partition coefficient (Wildman–Crippen LogP) is 4.05. The number of hydrogen-bond donors (Lipinski definition) is 1. The molecule has 0 saturated heterocycles. The predicted molar refractivity (Wildman–Crippen MR) is 97.0 cm³/mol. The van der Waals surface area contributed by atoms with Crippen LogP contribution in [0.3, 0.4) is 0 Å². The van der Waals surface area contributed by atoms with Gasteiger partial charge >= 0.3 is 0 Å². The second-order valence-corrected chi connectivity index (χ2v) is 8.16. The second kappa shape index (κ2) is 6.69. The van der Waals surface area contributed by atoms with E-state index < -0.39 is 10.0 Å². The Labute approximate surface area is 152 Å². The molecule has 1 aliphatic carbocycles. The van der Waals surface area contributed by atoms with Crippen LogP contribution in [0.1, 0.15) is 28.8 Å². The van der Waals surface area contributed by atoms with Gasteiger partial charge in [0.25, 0.3) is 10.0 Å². The molecule has 0 radical (unpaired) electrons. The van der Waals surface area contributed by atoms with Crippen LogP contribution in [0.4, 0.5) is 5.69 Å². The van der Waals surface area contributed by atoms with Gasteiger partial charge in [0.1, 0.15) is 5.75 Å². The molecule has 2 aromatic rings. The minimum Gasteiger partial charge on any atom is -0.495 e. The van der Waals surface area contributed by atoms with Crippen LogP contribution in [0.25, 0.3) is 0 Å². The molecule has 2 aromatic carbocycles. The summed E-state index contributed by atoms with van der Waals surface area (Å²) in [5.74, 6) is 0.508. The number of hydrogen-bond acceptors (Lipinski definition) is 4. The van der Waals surface area contributed by atoms with E-state index in [1.54, 1.807) is 31.2 Å². The SMILES string of the molecule is COc1cc(Cl)c(C)cc1NS(=O)(=O)c1ccc(C(=O)C2CC2)cc1. The van der Waals surface area contributed by atoms with Gasteiger partial charge in [-0.1, -0.05) is 23.7 Å². The van der Waals surface area contributed by atoms with Crippen LogP contribution in [0.2, 0.25) is 5.02 Å². The molecule has 0 aliphatic heterocycles. The largest absolute Gasteiger partial charge is 0.495 e. The molecule has 0 bridgehead atoms. The number of ether oxygens (including phenoxy) is 1. The maximum absolute atomic E-state index is 12.6. The van der Waals surface area contributed by atoms with E-state index in [1.165, 1.54) is 19.2 Å². The van der Waals surface area contributed by atoms with Gasteiger partial charge in [-0.25, -0.2) is 8.42 Å². The molecule has 1 N–H and O–H groups in total. The fourth-order valence-electron chi connectivity index (χ4n) is 2.50. The van der Waals surface area contributed by atoms with E-state index in [2.05, 4.69) is 4.72 Å². The Morgan fingerprint density at radius 1 is 1.20 bits per heavy atom. The van der Waals surface area contributed by atoms with E-state index in [1.807, 2.05) is 0 Å². The summed E-state index contributed by atoms with van der Waals surface area (Å²) in [5, 5.41) is 0.489. The molecule has 0 heterocycles. The highest BCUT2D eigenvalue weighted by molar-refractivity contribution is 7.92. The zero-order valence-corrected chi connectivity index (χ0v) is 15.4. The van der Waals surface area contributed by atoms with Gasteiger partial charge < -0.3 is 4.74 Å². The van der Waals surface area contributed by atoms with Crippen molar-refractivity contribution in [2.75, 3.05) is 11.8 Å². The molecule has 1 aliphatic rings. The van der Waals surface area contributed by atoms with Crippen molar-refractivity contribution in [2.24, 2.45) is 5.92 Å². The van der Waals surface area contributed by atoms with Crippen LogP contribution in [0.15, 0.2) is 41.3 Å². The molecule has 0 unspecified atom stereocenters. The van der Waals surface area contributed by atoms with Crippen molar-refractivity contribution in [3.05, 3.63) is 52.5 Å². The lowest BCUT2D eigenvalue weighted by molar-refractivity contribution is 0.0967. The fraction of sp³-hybridized carbons (Fsp3) is 0.278. The zero-order chi connectivity index (χ0) is 18.2. The summed E-state index contributed by atoms with van der Waals surface area (Å²) in [6.45, 7) is 1.78. The van der Waals surface area contributed by atoms with Crippen molar-refractivity contribution in [3.63, 3.8) is 0 Å². The average Bonchev–Trinajstić information content (AvgIpc) is 3.42. The summed E-state index contributed by atoms with van der Waals surface area (Å²) in [6, 6.07) is 9.16. The highest BCUT2D eigenvalue weighted by atomic mass is 35.5. The minimum absolute atomic E-state index is 0.0758. The van der Waals surface area contributed by atoms with E-state index in [4.69, 9.17) is 16.3 Å². The monoisotopic (exact) mass is 379 g/mol. The first-order valence-corrected chi connectivity index (χ1v) is 9.69. The molecule has 1 saturated carbocycles. The number of anilines is 1. The van der Waals surface area contributed by atoms with Gasteiger partial charge in [-0.05, 0) is 43.5 Å². The van der Waals surface area contributed by atoms with Crippen LogP contribution in [-0.4, -0.2) is 21.3 Å². The number of carbonyl (C=O) groups is 1. The van der Waals surface area contributed by atoms with E-state index in [0.717, 1.165) is 18.4 Å². The van der Waals surface area contributed by atoms with Crippen LogP contribution in [0, 0.1) is 12.8 Å². The molecule has 3 rings (SSSR count). The van der Waals surface area contributed by atoms with Gasteiger partial charge in [-0.15, -0.1) is 0 Å². The quantitative estimate of drug-likeness (QED) is 0.768. The maximum atomic E-state index is 12.6. The van der Waals surface area contributed by atoms with Gasteiger partial charge in [-0.2, -0.15) is 0 Å². The number of sulfonamides is 1.